The Bertz CT molecular complexity index is 274. The highest BCUT2D eigenvalue weighted by Crippen LogP contribution is 2.24. The van der Waals surface area contributed by atoms with Gasteiger partial charge in [-0.1, -0.05) is 31.9 Å². The van der Waals surface area contributed by atoms with Crippen LogP contribution in [-0.2, 0) is 6.42 Å². The lowest BCUT2D eigenvalue weighted by molar-refractivity contribution is 0.929. The number of benzene rings is 1. The molecule has 0 saturated heterocycles. The second-order valence-corrected chi connectivity index (χ2v) is 5.28. The van der Waals surface area contributed by atoms with Gasteiger partial charge in [0.15, 0.2) is 0 Å². The van der Waals surface area contributed by atoms with Crippen LogP contribution >= 0.6 is 43.6 Å². The monoisotopic (exact) mass is 322 g/mol. The fourth-order valence-corrected chi connectivity index (χ4v) is 2.32. The average Bonchev–Trinajstić information content (AvgIpc) is 2.17. The zero-order valence-corrected chi connectivity index (χ0v) is 11.5. The fraction of sp³-hybridized carbons (Fsp3) is 0.400. The summed E-state index contributed by atoms with van der Waals surface area (Å²) in [5, 5.41) is 1.07. The zero-order valence-electron chi connectivity index (χ0n) is 7.52. The molecular weight excluding hydrogens is 312 g/mol. The second kappa shape index (κ2) is 6.10. The maximum atomic E-state index is 3.57. The summed E-state index contributed by atoms with van der Waals surface area (Å²) in [5.41, 5.74) is 1.41. The predicted octanol–water partition coefficient (Wildman–Crippen LogP) is 4.50. The molecule has 0 nitrogen and oxygen atoms in total. The summed E-state index contributed by atoms with van der Waals surface area (Å²) in [7, 11) is 0. The summed E-state index contributed by atoms with van der Waals surface area (Å²) in [4.78, 5) is 1.34. The Morgan fingerprint density at radius 1 is 1.38 bits per heavy atom. The van der Waals surface area contributed by atoms with Crippen molar-refractivity contribution in [1.82, 2.24) is 0 Å². The quantitative estimate of drug-likeness (QED) is 0.580. The van der Waals surface area contributed by atoms with Crippen LogP contribution in [0.4, 0.5) is 0 Å². The van der Waals surface area contributed by atoms with E-state index in [-0.39, 0.29) is 0 Å². The Balaban J connectivity index is 2.78. The average molecular weight is 324 g/mol. The van der Waals surface area contributed by atoms with Crippen LogP contribution in [0.1, 0.15) is 12.0 Å². The third-order valence-electron chi connectivity index (χ3n) is 1.83. The van der Waals surface area contributed by atoms with Gasteiger partial charge in [0.2, 0.25) is 0 Å². The standard InChI is InChI=1S/C10H12Br2S/c1-13-9-4-5-10(12)8(7-9)3-2-6-11/h4-5,7H,2-3,6H2,1H3. The molecule has 1 rings (SSSR count). The molecule has 3 heteroatoms. The molecule has 1 aromatic rings. The summed E-state index contributed by atoms with van der Waals surface area (Å²) >= 11 is 8.80. The number of hydrogen-bond acceptors (Lipinski definition) is 1. The number of thioether (sulfide) groups is 1. The lowest BCUT2D eigenvalue weighted by atomic mass is 10.1. The van der Waals surface area contributed by atoms with Crippen LogP contribution in [-0.4, -0.2) is 11.6 Å². The Hall–Kier alpha value is 0.530. The van der Waals surface area contributed by atoms with Crippen molar-refractivity contribution < 1.29 is 0 Å². The number of rotatable bonds is 4. The minimum absolute atomic E-state index is 1.07. The molecule has 0 N–H and O–H groups in total. The summed E-state index contributed by atoms with van der Waals surface area (Å²) < 4.78 is 1.23. The van der Waals surface area contributed by atoms with Crippen LogP contribution in [0.5, 0.6) is 0 Å². The van der Waals surface area contributed by atoms with Crippen molar-refractivity contribution in [3.05, 3.63) is 28.2 Å². The summed E-state index contributed by atoms with van der Waals surface area (Å²) in [6, 6.07) is 6.54. The van der Waals surface area contributed by atoms with Crippen LogP contribution < -0.4 is 0 Å². The molecular formula is C10H12Br2S. The van der Waals surface area contributed by atoms with Gasteiger partial charge in [-0.25, -0.2) is 0 Å². The lowest BCUT2D eigenvalue weighted by Crippen LogP contribution is -1.88. The van der Waals surface area contributed by atoms with Crippen LogP contribution in [0.3, 0.4) is 0 Å². The summed E-state index contributed by atoms with van der Waals surface area (Å²) in [6.07, 6.45) is 4.44. The molecule has 0 aromatic heterocycles. The Morgan fingerprint density at radius 2 is 2.15 bits per heavy atom. The van der Waals surface area contributed by atoms with E-state index in [2.05, 4.69) is 56.3 Å². The van der Waals surface area contributed by atoms with E-state index in [0.29, 0.717) is 0 Å². The molecule has 13 heavy (non-hydrogen) atoms. The van der Waals surface area contributed by atoms with Gasteiger partial charge in [-0.3, -0.25) is 0 Å². The Labute approximate surface area is 101 Å². The third-order valence-corrected chi connectivity index (χ3v) is 3.89. The molecule has 72 valence electrons. The molecule has 0 saturated carbocycles. The van der Waals surface area contributed by atoms with Gasteiger partial charge in [0.1, 0.15) is 0 Å². The van der Waals surface area contributed by atoms with E-state index in [0.717, 1.165) is 11.8 Å². The number of aryl methyl sites for hydroxylation is 1. The van der Waals surface area contributed by atoms with E-state index in [4.69, 9.17) is 0 Å². The predicted molar refractivity (Wildman–Crippen MR) is 68.0 cm³/mol. The van der Waals surface area contributed by atoms with Gasteiger partial charge in [0, 0.05) is 14.7 Å². The molecule has 0 fully saturated rings. The minimum Gasteiger partial charge on any atom is -0.130 e. The molecule has 0 atom stereocenters. The smallest absolute Gasteiger partial charge is 0.0208 e. The molecule has 0 radical (unpaired) electrons. The van der Waals surface area contributed by atoms with E-state index >= 15 is 0 Å². The number of hydrogen-bond donors (Lipinski definition) is 0. The topological polar surface area (TPSA) is 0 Å². The molecule has 0 aliphatic rings. The summed E-state index contributed by atoms with van der Waals surface area (Å²) in [6.45, 7) is 0. The highest BCUT2D eigenvalue weighted by atomic mass is 79.9. The molecule has 0 amide bonds. The number of alkyl halides is 1. The molecule has 1 aromatic carbocycles. The molecule has 0 heterocycles. The molecule has 0 unspecified atom stereocenters. The van der Waals surface area contributed by atoms with Gasteiger partial charge in [-0.2, -0.15) is 0 Å². The third kappa shape index (κ3) is 3.64. The van der Waals surface area contributed by atoms with E-state index in [1.807, 2.05) is 0 Å². The highest BCUT2D eigenvalue weighted by molar-refractivity contribution is 9.10. The first-order chi connectivity index (χ1) is 6.27. The van der Waals surface area contributed by atoms with Gasteiger partial charge in [-0.15, -0.1) is 11.8 Å². The van der Waals surface area contributed by atoms with Crippen molar-refractivity contribution in [2.45, 2.75) is 17.7 Å². The fourth-order valence-electron chi connectivity index (χ4n) is 1.13. The van der Waals surface area contributed by atoms with Crippen molar-refractivity contribution in [3.8, 4) is 0 Å². The maximum Gasteiger partial charge on any atom is 0.0208 e. The van der Waals surface area contributed by atoms with Crippen LogP contribution in [0.25, 0.3) is 0 Å². The Kier molecular flexibility index (Phi) is 5.44. The molecule has 0 bridgehead atoms. The maximum absolute atomic E-state index is 3.57. The first kappa shape index (κ1) is 11.6. The molecule has 0 spiro atoms. The highest BCUT2D eigenvalue weighted by Gasteiger charge is 2.00. The van der Waals surface area contributed by atoms with Crippen LogP contribution in [0.15, 0.2) is 27.6 Å². The normalized spacial score (nSPS) is 10.4. The largest absolute Gasteiger partial charge is 0.130 e. The van der Waals surface area contributed by atoms with Crippen molar-refractivity contribution in [3.63, 3.8) is 0 Å². The Morgan fingerprint density at radius 3 is 2.77 bits per heavy atom. The SMILES string of the molecule is CSc1ccc(Br)c(CCCBr)c1. The van der Waals surface area contributed by atoms with E-state index in [1.165, 1.54) is 21.4 Å². The van der Waals surface area contributed by atoms with Gasteiger partial charge in [0.05, 0.1) is 0 Å². The van der Waals surface area contributed by atoms with Gasteiger partial charge in [0.25, 0.3) is 0 Å². The second-order valence-electron chi connectivity index (χ2n) is 2.75. The van der Waals surface area contributed by atoms with Crippen molar-refractivity contribution in [2.75, 3.05) is 11.6 Å². The van der Waals surface area contributed by atoms with Gasteiger partial charge < -0.3 is 0 Å². The van der Waals surface area contributed by atoms with Crippen molar-refractivity contribution in [1.29, 1.82) is 0 Å². The first-order valence-corrected chi connectivity index (χ1v) is 7.30. The van der Waals surface area contributed by atoms with Crippen LogP contribution in [0.2, 0.25) is 0 Å². The van der Waals surface area contributed by atoms with Gasteiger partial charge >= 0.3 is 0 Å². The number of halogens is 2. The van der Waals surface area contributed by atoms with Crippen molar-refractivity contribution in [2.24, 2.45) is 0 Å². The molecule has 0 aliphatic carbocycles. The summed E-state index contributed by atoms with van der Waals surface area (Å²) in [5.74, 6) is 0. The zero-order chi connectivity index (χ0) is 9.68. The van der Waals surface area contributed by atoms with E-state index in [1.54, 1.807) is 11.8 Å². The van der Waals surface area contributed by atoms with Crippen molar-refractivity contribution >= 4 is 43.6 Å². The first-order valence-electron chi connectivity index (χ1n) is 4.16. The van der Waals surface area contributed by atoms with E-state index in [9.17, 15) is 0 Å². The van der Waals surface area contributed by atoms with Crippen LogP contribution in [0, 0.1) is 0 Å². The molecule has 0 aliphatic heterocycles. The van der Waals surface area contributed by atoms with E-state index < -0.39 is 0 Å². The lowest BCUT2D eigenvalue weighted by Gasteiger charge is -2.05. The van der Waals surface area contributed by atoms with Gasteiger partial charge in [-0.05, 0) is 42.9 Å². The minimum atomic E-state index is 1.07.